The van der Waals surface area contributed by atoms with Crippen LogP contribution in [0.5, 0.6) is 5.75 Å². The lowest BCUT2D eigenvalue weighted by atomic mass is 10.1. The van der Waals surface area contributed by atoms with Crippen LogP contribution in [0.1, 0.15) is 33.3 Å². The van der Waals surface area contributed by atoms with Gasteiger partial charge in [0.05, 0.1) is 12.3 Å². The molecular weight excluding hydrogens is 376 g/mol. The third-order valence-electron chi connectivity index (χ3n) is 4.00. The van der Waals surface area contributed by atoms with Crippen LogP contribution in [-0.4, -0.2) is 38.6 Å². The number of carbonyl (C=O) groups excluding carboxylic acids is 2. The zero-order chi connectivity index (χ0) is 20.8. The minimum Gasteiger partial charge on any atom is -0.494 e. The maximum atomic E-state index is 12.4. The number of nitrogen functional groups attached to an aromatic ring is 1. The quantitative estimate of drug-likeness (QED) is 0.348. The first-order valence-electron chi connectivity index (χ1n) is 8.79. The predicted octanol–water partition coefficient (Wildman–Crippen LogP) is 1.30. The Morgan fingerprint density at radius 2 is 1.76 bits per heavy atom. The summed E-state index contributed by atoms with van der Waals surface area (Å²) in [6.45, 7) is 2.66. The van der Waals surface area contributed by atoms with Gasteiger partial charge in [0, 0.05) is 12.1 Å². The molecule has 150 valence electrons. The average molecular weight is 396 g/mol. The first-order valence-corrected chi connectivity index (χ1v) is 8.79. The van der Waals surface area contributed by atoms with Crippen molar-refractivity contribution in [2.75, 3.05) is 12.3 Å². The minimum absolute atomic E-state index is 0.00588. The van der Waals surface area contributed by atoms with E-state index in [4.69, 9.17) is 15.7 Å². The summed E-state index contributed by atoms with van der Waals surface area (Å²) < 4.78 is 5.39. The highest BCUT2D eigenvalue weighted by atomic mass is 16.5. The molecule has 2 aromatic carbocycles. The lowest BCUT2D eigenvalue weighted by Gasteiger charge is -2.05. The Balaban J connectivity index is 1.66. The van der Waals surface area contributed by atoms with Gasteiger partial charge in [-0.25, -0.2) is 5.48 Å². The molecule has 10 heteroatoms. The second kappa shape index (κ2) is 8.85. The molecule has 0 aliphatic carbocycles. The molecule has 2 amide bonds. The van der Waals surface area contributed by atoms with Gasteiger partial charge in [-0.15, -0.1) is 15.0 Å². The third-order valence-corrected chi connectivity index (χ3v) is 4.00. The predicted molar refractivity (Wildman–Crippen MR) is 104 cm³/mol. The van der Waals surface area contributed by atoms with Crippen molar-refractivity contribution in [1.82, 2.24) is 25.8 Å². The monoisotopic (exact) mass is 396 g/mol. The summed E-state index contributed by atoms with van der Waals surface area (Å²) in [5.74, 6) is -0.362. The fourth-order valence-corrected chi connectivity index (χ4v) is 2.54. The summed E-state index contributed by atoms with van der Waals surface area (Å²) in [7, 11) is 0. The van der Waals surface area contributed by atoms with E-state index in [1.807, 2.05) is 6.92 Å². The minimum atomic E-state index is -0.612. The van der Waals surface area contributed by atoms with Crippen molar-refractivity contribution in [3.05, 3.63) is 65.4 Å². The van der Waals surface area contributed by atoms with Crippen LogP contribution in [-0.2, 0) is 6.54 Å². The smallest absolute Gasteiger partial charge is 0.275 e. The molecule has 3 rings (SSSR count). The second-order valence-electron chi connectivity index (χ2n) is 5.97. The molecule has 0 atom stereocenters. The lowest BCUT2D eigenvalue weighted by Crippen LogP contribution is -2.24. The van der Waals surface area contributed by atoms with Crippen LogP contribution in [0.2, 0.25) is 0 Å². The second-order valence-corrected chi connectivity index (χ2v) is 5.97. The number of ether oxygens (including phenoxy) is 1. The zero-order valence-electron chi connectivity index (χ0n) is 15.6. The molecule has 10 nitrogen and oxygen atoms in total. The van der Waals surface area contributed by atoms with Gasteiger partial charge in [-0.2, -0.15) is 0 Å². The van der Waals surface area contributed by atoms with Gasteiger partial charge in [-0.1, -0.05) is 12.1 Å². The molecule has 0 aliphatic rings. The van der Waals surface area contributed by atoms with Crippen LogP contribution < -0.4 is 21.3 Å². The highest BCUT2D eigenvalue weighted by molar-refractivity contribution is 5.96. The van der Waals surface area contributed by atoms with Crippen LogP contribution in [0.3, 0.4) is 0 Å². The summed E-state index contributed by atoms with van der Waals surface area (Å²) in [4.78, 5) is 25.0. The molecule has 29 heavy (non-hydrogen) atoms. The number of hydroxylamine groups is 1. The largest absolute Gasteiger partial charge is 0.494 e. The molecule has 0 saturated carbocycles. The molecule has 1 aromatic heterocycles. The Kier molecular flexibility index (Phi) is 6.05. The van der Waals surface area contributed by atoms with E-state index in [0.29, 0.717) is 17.9 Å². The number of hydrogen-bond donors (Lipinski definition) is 4. The number of rotatable bonds is 7. The summed E-state index contributed by atoms with van der Waals surface area (Å²) in [5.41, 5.74) is 9.10. The van der Waals surface area contributed by atoms with Gasteiger partial charge in [0.2, 0.25) is 0 Å². The number of nitrogens with zero attached hydrogens (tertiary/aromatic N) is 3. The van der Waals surface area contributed by atoms with Crippen molar-refractivity contribution < 1.29 is 19.5 Å². The fourth-order valence-electron chi connectivity index (χ4n) is 2.54. The van der Waals surface area contributed by atoms with Gasteiger partial charge < -0.3 is 15.8 Å². The lowest BCUT2D eigenvalue weighted by molar-refractivity contribution is 0.0706. The van der Waals surface area contributed by atoms with E-state index in [9.17, 15) is 9.59 Å². The topological polar surface area (TPSA) is 144 Å². The Morgan fingerprint density at radius 3 is 2.38 bits per heavy atom. The van der Waals surface area contributed by atoms with Crippen molar-refractivity contribution in [2.45, 2.75) is 13.5 Å². The third kappa shape index (κ3) is 4.68. The maximum Gasteiger partial charge on any atom is 0.275 e. The van der Waals surface area contributed by atoms with Gasteiger partial charge in [-0.3, -0.25) is 14.8 Å². The molecule has 0 spiro atoms. The highest BCUT2D eigenvalue weighted by Crippen LogP contribution is 2.16. The van der Waals surface area contributed by atoms with Gasteiger partial charge in [0.15, 0.2) is 11.5 Å². The van der Waals surface area contributed by atoms with E-state index >= 15 is 0 Å². The number of benzene rings is 2. The number of amides is 2. The first-order chi connectivity index (χ1) is 14.0. The van der Waals surface area contributed by atoms with Crippen molar-refractivity contribution >= 4 is 17.6 Å². The molecule has 0 bridgehead atoms. The van der Waals surface area contributed by atoms with Gasteiger partial charge in [-0.05, 0) is 48.9 Å². The summed E-state index contributed by atoms with van der Waals surface area (Å²) in [6, 6.07) is 13.5. The van der Waals surface area contributed by atoms with E-state index in [0.717, 1.165) is 11.3 Å². The molecule has 3 aromatic rings. The number of nitrogens with two attached hydrogens (primary N) is 1. The molecule has 5 N–H and O–H groups in total. The highest BCUT2D eigenvalue weighted by Gasteiger charge is 2.17. The molecule has 1 heterocycles. The van der Waals surface area contributed by atoms with E-state index < -0.39 is 11.8 Å². The number of nitrogens with one attached hydrogen (secondary N) is 2. The van der Waals surface area contributed by atoms with Gasteiger partial charge in [0.1, 0.15) is 5.75 Å². The molecular formula is C19H20N6O4. The van der Waals surface area contributed by atoms with E-state index in [-0.39, 0.29) is 18.1 Å². The van der Waals surface area contributed by atoms with Crippen molar-refractivity contribution in [3.8, 4) is 11.4 Å². The summed E-state index contributed by atoms with van der Waals surface area (Å²) in [6.07, 6.45) is 0. The Hall–Kier alpha value is -3.92. The molecule has 0 saturated heterocycles. The van der Waals surface area contributed by atoms with Crippen LogP contribution in [0.4, 0.5) is 5.82 Å². The van der Waals surface area contributed by atoms with Crippen LogP contribution in [0.25, 0.3) is 5.69 Å². The average Bonchev–Trinajstić information content (AvgIpc) is 3.14. The normalized spacial score (nSPS) is 10.4. The molecule has 0 aliphatic heterocycles. The molecule has 0 radical (unpaired) electrons. The number of aromatic nitrogens is 3. The van der Waals surface area contributed by atoms with E-state index in [1.54, 1.807) is 41.9 Å². The number of hydrogen-bond acceptors (Lipinski definition) is 7. The van der Waals surface area contributed by atoms with E-state index in [2.05, 4.69) is 15.5 Å². The van der Waals surface area contributed by atoms with Gasteiger partial charge in [0.25, 0.3) is 11.8 Å². The van der Waals surface area contributed by atoms with Crippen molar-refractivity contribution in [3.63, 3.8) is 0 Å². The van der Waals surface area contributed by atoms with E-state index in [1.165, 1.54) is 16.9 Å². The summed E-state index contributed by atoms with van der Waals surface area (Å²) in [5, 5.41) is 19.6. The van der Waals surface area contributed by atoms with Crippen molar-refractivity contribution in [2.24, 2.45) is 0 Å². The standard InChI is InChI=1S/C19H20N6O4/c1-2-29-15-9-7-14(8-10-15)25-22-16(17(20)23-25)19(27)21-11-12-3-5-13(6-4-12)18(26)24-28/h3-10,28H,2,11H2,1H3,(H2,20,23)(H,21,27)(H,24,26). The van der Waals surface area contributed by atoms with Crippen LogP contribution in [0, 0.1) is 0 Å². The van der Waals surface area contributed by atoms with Crippen LogP contribution >= 0.6 is 0 Å². The summed E-state index contributed by atoms with van der Waals surface area (Å²) >= 11 is 0. The molecule has 0 unspecified atom stereocenters. The first kappa shape index (κ1) is 19.8. The van der Waals surface area contributed by atoms with Crippen LogP contribution in [0.15, 0.2) is 48.5 Å². The number of carbonyl (C=O) groups is 2. The Labute approximate surface area is 166 Å². The molecule has 0 fully saturated rings. The SMILES string of the molecule is CCOc1ccc(-n2nc(N)c(C(=O)NCc3ccc(C(=O)NO)cc3)n2)cc1. The zero-order valence-corrected chi connectivity index (χ0v) is 15.6. The Morgan fingerprint density at radius 1 is 1.07 bits per heavy atom. The fraction of sp³-hybridized carbons (Fsp3) is 0.158. The van der Waals surface area contributed by atoms with Gasteiger partial charge >= 0.3 is 0 Å². The number of anilines is 1. The van der Waals surface area contributed by atoms with Crippen molar-refractivity contribution in [1.29, 1.82) is 0 Å². The Bertz CT molecular complexity index is 999. The maximum absolute atomic E-state index is 12.4.